The van der Waals surface area contributed by atoms with E-state index in [-0.39, 0.29) is 18.3 Å². The molecule has 1 atom stereocenters. The molecule has 1 amide bonds. The molecule has 0 fully saturated rings. The second-order valence-corrected chi connectivity index (χ2v) is 3.69. The summed E-state index contributed by atoms with van der Waals surface area (Å²) in [4.78, 5) is 25.6. The number of nitro benzene ring substituents is 1. The molecular weight excluding hydrogens is 238 g/mol. The van der Waals surface area contributed by atoms with E-state index < -0.39 is 10.8 Å². The van der Waals surface area contributed by atoms with Gasteiger partial charge in [-0.3, -0.25) is 19.7 Å². The number of hydrogen-bond acceptors (Lipinski definition) is 5. The number of nitrogens with one attached hydrogen (secondary N) is 1. The van der Waals surface area contributed by atoms with E-state index in [9.17, 15) is 14.9 Å². The van der Waals surface area contributed by atoms with E-state index in [1.54, 1.807) is 12.1 Å². The van der Waals surface area contributed by atoms with E-state index in [0.717, 1.165) is 5.56 Å². The Hall–Kier alpha value is -1.99. The van der Waals surface area contributed by atoms with Gasteiger partial charge in [0.05, 0.1) is 11.0 Å². The molecule has 0 heterocycles. The van der Waals surface area contributed by atoms with Crippen LogP contribution in [0.25, 0.3) is 0 Å². The first-order valence-corrected chi connectivity index (χ1v) is 5.44. The average molecular weight is 253 g/mol. The Morgan fingerprint density at radius 2 is 2.33 bits per heavy atom. The van der Waals surface area contributed by atoms with E-state index in [2.05, 4.69) is 5.48 Å². The van der Waals surface area contributed by atoms with Crippen LogP contribution >= 0.6 is 0 Å². The molecule has 98 valence electrons. The summed E-state index contributed by atoms with van der Waals surface area (Å²) in [7, 11) is 0. The van der Waals surface area contributed by atoms with E-state index in [4.69, 9.17) is 10.6 Å². The first kappa shape index (κ1) is 14.1. The molecule has 0 aliphatic heterocycles. The van der Waals surface area contributed by atoms with Crippen molar-refractivity contribution < 1.29 is 14.6 Å². The van der Waals surface area contributed by atoms with Crippen molar-refractivity contribution in [2.45, 2.75) is 19.4 Å². The molecule has 0 bridgehead atoms. The number of nitrogens with zero attached hydrogens (tertiary/aromatic N) is 1. The Kier molecular flexibility index (Phi) is 5.22. The molecule has 0 aromatic heterocycles. The summed E-state index contributed by atoms with van der Waals surface area (Å²) >= 11 is 0. The summed E-state index contributed by atoms with van der Waals surface area (Å²) in [6.45, 7) is 1.65. The Morgan fingerprint density at radius 3 is 2.89 bits per heavy atom. The number of carbonyl (C=O) groups excluding carboxylic acids is 1. The molecule has 1 rings (SSSR count). The lowest BCUT2D eigenvalue weighted by atomic mass is 10.1. The summed E-state index contributed by atoms with van der Waals surface area (Å²) in [5.41, 5.74) is 8.32. The summed E-state index contributed by atoms with van der Waals surface area (Å²) in [6, 6.07) is 6.01. The highest BCUT2D eigenvalue weighted by molar-refractivity contribution is 5.74. The van der Waals surface area contributed by atoms with Crippen LogP contribution in [0.5, 0.6) is 0 Å². The lowest BCUT2D eigenvalue weighted by Gasteiger charge is -2.16. The van der Waals surface area contributed by atoms with Gasteiger partial charge in [-0.2, -0.15) is 5.48 Å². The topological polar surface area (TPSA) is 107 Å². The van der Waals surface area contributed by atoms with Gasteiger partial charge in [0, 0.05) is 12.1 Å². The summed E-state index contributed by atoms with van der Waals surface area (Å²) in [5.74, 6) is -0.587. The summed E-state index contributed by atoms with van der Waals surface area (Å²) in [5, 5.41) is 10.7. The molecular formula is C11H15N3O4. The van der Waals surface area contributed by atoms with Crippen molar-refractivity contribution in [2.75, 3.05) is 6.61 Å². The molecule has 1 aromatic rings. The normalized spacial score (nSPS) is 12.1. The molecule has 1 aromatic carbocycles. The number of primary amides is 1. The van der Waals surface area contributed by atoms with Gasteiger partial charge >= 0.3 is 0 Å². The number of nitrogens with two attached hydrogens (primary N) is 1. The Labute approximate surface area is 104 Å². The second-order valence-electron chi connectivity index (χ2n) is 3.69. The van der Waals surface area contributed by atoms with Crippen LogP contribution in [0.1, 0.15) is 24.9 Å². The van der Waals surface area contributed by atoms with Gasteiger partial charge in [0.2, 0.25) is 5.91 Å². The number of nitro groups is 1. The highest BCUT2D eigenvalue weighted by atomic mass is 16.6. The maximum absolute atomic E-state index is 10.7. The van der Waals surface area contributed by atoms with E-state index in [1.807, 2.05) is 6.92 Å². The van der Waals surface area contributed by atoms with Gasteiger partial charge < -0.3 is 5.73 Å². The molecule has 1 unspecified atom stereocenters. The Bertz CT molecular complexity index is 436. The van der Waals surface area contributed by atoms with Crippen LogP contribution in [-0.2, 0) is 9.63 Å². The van der Waals surface area contributed by atoms with Crippen LogP contribution in [0.3, 0.4) is 0 Å². The molecule has 7 heteroatoms. The summed E-state index contributed by atoms with van der Waals surface area (Å²) < 4.78 is 0. The van der Waals surface area contributed by atoms with Gasteiger partial charge in [0.15, 0.2) is 0 Å². The maximum Gasteiger partial charge on any atom is 0.269 e. The predicted octanol–water partition coefficient (Wildman–Crippen LogP) is 1.05. The quantitative estimate of drug-likeness (QED) is 0.558. The molecule has 3 N–H and O–H groups in total. The molecule has 0 radical (unpaired) electrons. The number of benzene rings is 1. The third-order valence-electron chi connectivity index (χ3n) is 2.33. The van der Waals surface area contributed by atoms with Gasteiger partial charge in [-0.25, -0.2) is 0 Å². The van der Waals surface area contributed by atoms with E-state index >= 15 is 0 Å². The second kappa shape index (κ2) is 6.67. The molecule has 0 aliphatic carbocycles. The van der Waals surface area contributed by atoms with Crippen molar-refractivity contribution in [2.24, 2.45) is 5.73 Å². The third kappa shape index (κ3) is 4.11. The maximum atomic E-state index is 10.7. The monoisotopic (exact) mass is 253 g/mol. The number of rotatable bonds is 7. The van der Waals surface area contributed by atoms with Crippen molar-refractivity contribution in [3.05, 3.63) is 39.9 Å². The zero-order valence-electron chi connectivity index (χ0n) is 9.96. The fraction of sp³-hybridized carbons (Fsp3) is 0.364. The van der Waals surface area contributed by atoms with Gasteiger partial charge in [-0.15, -0.1) is 0 Å². The number of carbonyl (C=O) groups is 1. The number of non-ortho nitro benzene ring substituents is 1. The molecule has 0 aliphatic rings. The van der Waals surface area contributed by atoms with Crippen LogP contribution in [-0.4, -0.2) is 17.4 Å². The SMILES string of the molecule is CCC(NOCC(N)=O)c1cccc([N+](=O)[O-])c1. The fourth-order valence-electron chi connectivity index (χ4n) is 1.46. The van der Waals surface area contributed by atoms with Gasteiger partial charge in [-0.05, 0) is 12.0 Å². The molecule has 7 nitrogen and oxygen atoms in total. The zero-order valence-corrected chi connectivity index (χ0v) is 9.96. The highest BCUT2D eigenvalue weighted by Crippen LogP contribution is 2.21. The number of hydrogen-bond donors (Lipinski definition) is 2. The fourth-order valence-corrected chi connectivity index (χ4v) is 1.46. The Balaban J connectivity index is 2.72. The van der Waals surface area contributed by atoms with E-state index in [1.165, 1.54) is 12.1 Å². The van der Waals surface area contributed by atoms with Gasteiger partial charge in [-0.1, -0.05) is 19.1 Å². The average Bonchev–Trinajstić information content (AvgIpc) is 2.34. The first-order valence-electron chi connectivity index (χ1n) is 5.44. The third-order valence-corrected chi connectivity index (χ3v) is 2.33. The zero-order chi connectivity index (χ0) is 13.5. The number of hydroxylamine groups is 1. The first-order chi connectivity index (χ1) is 8.54. The molecule has 18 heavy (non-hydrogen) atoms. The van der Waals surface area contributed by atoms with E-state index in [0.29, 0.717) is 6.42 Å². The number of amides is 1. The van der Waals surface area contributed by atoms with Crippen LogP contribution in [0.2, 0.25) is 0 Å². The lowest BCUT2D eigenvalue weighted by molar-refractivity contribution is -0.384. The van der Waals surface area contributed by atoms with Crippen LogP contribution in [0.4, 0.5) is 5.69 Å². The standard InChI is InChI=1S/C11H15N3O4/c1-2-10(13-18-7-11(12)15)8-4-3-5-9(6-8)14(16)17/h3-6,10,13H,2,7H2,1H3,(H2,12,15). The minimum absolute atomic E-state index is 0.0163. The summed E-state index contributed by atoms with van der Waals surface area (Å²) in [6.07, 6.45) is 0.653. The minimum Gasteiger partial charge on any atom is -0.368 e. The molecule has 0 saturated carbocycles. The van der Waals surface area contributed by atoms with Gasteiger partial charge in [0.25, 0.3) is 5.69 Å². The predicted molar refractivity (Wildman–Crippen MR) is 64.4 cm³/mol. The van der Waals surface area contributed by atoms with Crippen LogP contribution < -0.4 is 11.2 Å². The van der Waals surface area contributed by atoms with Crippen molar-refractivity contribution in [1.82, 2.24) is 5.48 Å². The van der Waals surface area contributed by atoms with Crippen molar-refractivity contribution in [1.29, 1.82) is 0 Å². The molecule has 0 spiro atoms. The van der Waals surface area contributed by atoms with Gasteiger partial charge in [0.1, 0.15) is 6.61 Å². The largest absolute Gasteiger partial charge is 0.368 e. The van der Waals surface area contributed by atoms with Crippen LogP contribution in [0.15, 0.2) is 24.3 Å². The highest BCUT2D eigenvalue weighted by Gasteiger charge is 2.13. The lowest BCUT2D eigenvalue weighted by Crippen LogP contribution is -2.27. The smallest absolute Gasteiger partial charge is 0.269 e. The van der Waals surface area contributed by atoms with Crippen LogP contribution in [0, 0.1) is 10.1 Å². The van der Waals surface area contributed by atoms with Crippen molar-refractivity contribution in [3.8, 4) is 0 Å². The molecule has 0 saturated heterocycles. The minimum atomic E-state index is -0.587. The Morgan fingerprint density at radius 1 is 1.61 bits per heavy atom. The van der Waals surface area contributed by atoms with Crippen molar-refractivity contribution in [3.63, 3.8) is 0 Å². The van der Waals surface area contributed by atoms with Crippen molar-refractivity contribution >= 4 is 11.6 Å².